The summed E-state index contributed by atoms with van der Waals surface area (Å²) in [5.74, 6) is -0.848. The molecule has 0 aromatic carbocycles. The number of carbonyl (C=O) groups is 3. The molecule has 6 nitrogen and oxygen atoms in total. The summed E-state index contributed by atoms with van der Waals surface area (Å²) >= 11 is 0. The molecule has 0 aliphatic carbocycles. The zero-order chi connectivity index (χ0) is 43.0. The molecular weight excluding hydrogens is 733 g/mol. The number of hydrogen-bond acceptors (Lipinski definition) is 6. The van der Waals surface area contributed by atoms with Crippen LogP contribution in [0.25, 0.3) is 0 Å². The number of rotatable bonds is 49. The topological polar surface area (TPSA) is 78.9 Å². The van der Waals surface area contributed by atoms with Crippen molar-refractivity contribution in [3.05, 3.63) is 0 Å². The molecule has 0 saturated heterocycles. The van der Waals surface area contributed by atoms with Gasteiger partial charge in [-0.05, 0) is 19.3 Å². The third-order valence-corrected chi connectivity index (χ3v) is 12.1. The fourth-order valence-electron chi connectivity index (χ4n) is 8.09. The van der Waals surface area contributed by atoms with Crippen LogP contribution in [0.5, 0.6) is 0 Å². The van der Waals surface area contributed by atoms with Crippen molar-refractivity contribution in [3.63, 3.8) is 0 Å². The van der Waals surface area contributed by atoms with Crippen LogP contribution in [0.4, 0.5) is 0 Å². The smallest absolute Gasteiger partial charge is 0.306 e. The molecule has 0 radical (unpaired) electrons. The van der Waals surface area contributed by atoms with Gasteiger partial charge in [0, 0.05) is 19.3 Å². The molecule has 0 aromatic heterocycles. The van der Waals surface area contributed by atoms with Crippen molar-refractivity contribution >= 4 is 17.9 Å². The second-order valence-corrected chi connectivity index (χ2v) is 18.2. The molecule has 0 fully saturated rings. The molecule has 0 aliphatic heterocycles. The molecular formula is C53H102O6. The highest BCUT2D eigenvalue weighted by atomic mass is 16.6. The van der Waals surface area contributed by atoms with Crippen molar-refractivity contribution in [2.24, 2.45) is 0 Å². The summed E-state index contributed by atoms with van der Waals surface area (Å²) in [6.07, 6.45) is 52.5. The minimum Gasteiger partial charge on any atom is -0.462 e. The van der Waals surface area contributed by atoms with E-state index in [1.807, 2.05) is 0 Å². The van der Waals surface area contributed by atoms with Gasteiger partial charge < -0.3 is 14.2 Å². The average molecular weight is 835 g/mol. The first-order valence-electron chi connectivity index (χ1n) is 26.5. The van der Waals surface area contributed by atoms with Crippen LogP contribution >= 0.6 is 0 Å². The summed E-state index contributed by atoms with van der Waals surface area (Å²) in [5.41, 5.74) is 0. The van der Waals surface area contributed by atoms with Gasteiger partial charge in [-0.25, -0.2) is 0 Å². The van der Waals surface area contributed by atoms with Gasteiger partial charge in [0.2, 0.25) is 0 Å². The van der Waals surface area contributed by atoms with Gasteiger partial charge in [0.25, 0.3) is 0 Å². The lowest BCUT2D eigenvalue weighted by Crippen LogP contribution is -2.30. The molecule has 0 spiro atoms. The van der Waals surface area contributed by atoms with Crippen LogP contribution in [0.2, 0.25) is 0 Å². The Bertz CT molecular complexity index is 874. The Morgan fingerprint density at radius 1 is 0.271 bits per heavy atom. The molecule has 0 amide bonds. The van der Waals surface area contributed by atoms with Crippen molar-refractivity contribution in [1.29, 1.82) is 0 Å². The first kappa shape index (κ1) is 57.4. The number of carbonyl (C=O) groups excluding carboxylic acids is 3. The first-order valence-corrected chi connectivity index (χ1v) is 26.5. The molecule has 0 aliphatic rings. The van der Waals surface area contributed by atoms with Crippen LogP contribution in [-0.2, 0) is 28.6 Å². The fraction of sp³-hybridized carbons (Fsp3) is 0.943. The lowest BCUT2D eigenvalue weighted by molar-refractivity contribution is -0.167. The number of unbranched alkanes of at least 4 members (excludes halogenated alkanes) is 38. The maximum atomic E-state index is 12.7. The Morgan fingerprint density at radius 3 is 0.678 bits per heavy atom. The van der Waals surface area contributed by atoms with Crippen LogP contribution in [-0.4, -0.2) is 37.2 Å². The zero-order valence-electron chi connectivity index (χ0n) is 40.1. The summed E-state index contributed by atoms with van der Waals surface area (Å²) in [6, 6.07) is 0. The van der Waals surface area contributed by atoms with E-state index in [0.717, 1.165) is 57.8 Å². The molecule has 0 heterocycles. The summed E-state index contributed by atoms with van der Waals surface area (Å²) in [4.78, 5) is 37.8. The van der Waals surface area contributed by atoms with Crippen molar-refractivity contribution in [3.8, 4) is 0 Å². The normalized spacial score (nSPS) is 11.8. The lowest BCUT2D eigenvalue weighted by Gasteiger charge is -2.18. The Hall–Kier alpha value is -1.59. The molecule has 0 rings (SSSR count). The van der Waals surface area contributed by atoms with Gasteiger partial charge in [-0.3, -0.25) is 14.4 Å². The number of esters is 3. The minimum absolute atomic E-state index is 0.0625. The maximum Gasteiger partial charge on any atom is 0.306 e. The highest BCUT2D eigenvalue weighted by molar-refractivity contribution is 5.71. The van der Waals surface area contributed by atoms with E-state index >= 15 is 0 Å². The summed E-state index contributed by atoms with van der Waals surface area (Å²) < 4.78 is 16.7. The van der Waals surface area contributed by atoms with Crippen LogP contribution in [0.1, 0.15) is 303 Å². The predicted octanol–water partition coefficient (Wildman–Crippen LogP) is 17.2. The Morgan fingerprint density at radius 2 is 0.458 bits per heavy atom. The maximum absolute atomic E-state index is 12.7. The largest absolute Gasteiger partial charge is 0.462 e. The van der Waals surface area contributed by atoms with E-state index in [9.17, 15) is 14.4 Å². The minimum atomic E-state index is -0.758. The predicted molar refractivity (Wildman–Crippen MR) is 252 cm³/mol. The standard InChI is InChI=1S/C53H102O6/c1-4-7-10-13-16-18-20-22-24-25-26-27-29-31-33-35-38-40-43-46-52(55)58-49-50(59-53(56)47-44-41-36-15-12-9-6-3)48-57-51(54)45-42-39-37-34-32-30-28-23-21-19-17-14-11-8-5-2/h50H,4-49H2,1-3H3/t50-/m1/s1. The van der Waals surface area contributed by atoms with E-state index in [4.69, 9.17) is 14.2 Å². The van der Waals surface area contributed by atoms with E-state index in [0.29, 0.717) is 19.3 Å². The summed E-state index contributed by atoms with van der Waals surface area (Å²) in [6.45, 7) is 6.65. The molecule has 0 saturated carbocycles. The van der Waals surface area contributed by atoms with Crippen molar-refractivity contribution < 1.29 is 28.6 Å². The SMILES string of the molecule is CCCCCCCCCCCCCCCCCCCCCC(=O)OC[C@@H](COC(=O)CCCCCCCCCCCCCCCCC)OC(=O)CCCCCCCCC. The average Bonchev–Trinajstić information content (AvgIpc) is 3.23. The lowest BCUT2D eigenvalue weighted by atomic mass is 10.0. The van der Waals surface area contributed by atoms with Gasteiger partial charge in [0.1, 0.15) is 13.2 Å². The van der Waals surface area contributed by atoms with Crippen LogP contribution in [0.15, 0.2) is 0 Å². The van der Waals surface area contributed by atoms with Gasteiger partial charge in [0.05, 0.1) is 0 Å². The number of ether oxygens (including phenoxy) is 3. The molecule has 0 N–H and O–H groups in total. The van der Waals surface area contributed by atoms with Gasteiger partial charge in [0.15, 0.2) is 6.10 Å². The third kappa shape index (κ3) is 47.3. The Labute approximate surface area is 368 Å². The van der Waals surface area contributed by atoms with Crippen LogP contribution in [0.3, 0.4) is 0 Å². The van der Waals surface area contributed by atoms with Crippen molar-refractivity contribution in [2.45, 2.75) is 309 Å². The molecule has 350 valence electrons. The molecule has 0 unspecified atom stereocenters. The second-order valence-electron chi connectivity index (χ2n) is 18.2. The quantitative estimate of drug-likeness (QED) is 0.0345. The molecule has 59 heavy (non-hydrogen) atoms. The van der Waals surface area contributed by atoms with Gasteiger partial charge >= 0.3 is 17.9 Å². The van der Waals surface area contributed by atoms with Gasteiger partial charge in [-0.1, -0.05) is 265 Å². The summed E-state index contributed by atoms with van der Waals surface area (Å²) in [7, 11) is 0. The highest BCUT2D eigenvalue weighted by Gasteiger charge is 2.19. The van der Waals surface area contributed by atoms with Crippen molar-refractivity contribution in [1.82, 2.24) is 0 Å². The zero-order valence-corrected chi connectivity index (χ0v) is 40.1. The van der Waals surface area contributed by atoms with E-state index < -0.39 is 6.10 Å². The van der Waals surface area contributed by atoms with E-state index in [2.05, 4.69) is 20.8 Å². The Balaban J connectivity index is 4.12. The number of hydrogen-bond donors (Lipinski definition) is 0. The molecule has 6 heteroatoms. The van der Waals surface area contributed by atoms with Gasteiger partial charge in [-0.15, -0.1) is 0 Å². The monoisotopic (exact) mass is 835 g/mol. The van der Waals surface area contributed by atoms with Gasteiger partial charge in [-0.2, -0.15) is 0 Å². The third-order valence-electron chi connectivity index (χ3n) is 12.1. The van der Waals surface area contributed by atoms with E-state index in [1.54, 1.807) is 0 Å². The molecule has 0 bridgehead atoms. The Kier molecular flexibility index (Phi) is 47.7. The first-order chi connectivity index (χ1) is 29.0. The highest BCUT2D eigenvalue weighted by Crippen LogP contribution is 2.17. The van der Waals surface area contributed by atoms with Crippen molar-refractivity contribution in [2.75, 3.05) is 13.2 Å². The fourth-order valence-corrected chi connectivity index (χ4v) is 8.09. The molecule has 0 aromatic rings. The van der Waals surface area contributed by atoms with Crippen LogP contribution in [0, 0.1) is 0 Å². The molecule has 1 atom stereocenters. The van der Waals surface area contributed by atoms with Crippen LogP contribution < -0.4 is 0 Å². The second kappa shape index (κ2) is 49.1. The van der Waals surface area contributed by atoms with E-state index in [1.165, 1.54) is 205 Å². The summed E-state index contributed by atoms with van der Waals surface area (Å²) in [5, 5.41) is 0. The van der Waals surface area contributed by atoms with E-state index in [-0.39, 0.29) is 31.1 Å².